The lowest BCUT2D eigenvalue weighted by Gasteiger charge is -2.25. The van der Waals surface area contributed by atoms with Crippen molar-refractivity contribution < 1.29 is 18.5 Å². The van der Waals surface area contributed by atoms with Crippen molar-refractivity contribution in [2.24, 2.45) is 0 Å². The van der Waals surface area contributed by atoms with Crippen LogP contribution in [0.5, 0.6) is 0 Å². The number of aryl methyl sites for hydroxylation is 3. The molecule has 1 aliphatic heterocycles. The number of hydrogen-bond donors (Lipinski definition) is 0. The van der Waals surface area contributed by atoms with E-state index < -0.39 is 0 Å². The normalized spacial score (nSPS) is 16.2. The molecule has 4 aromatic heterocycles. The molecule has 0 N–H and O–H groups in total. The van der Waals surface area contributed by atoms with Crippen LogP contribution in [0.3, 0.4) is 0 Å². The molecule has 166 valence electrons. The van der Waals surface area contributed by atoms with E-state index in [9.17, 15) is 4.79 Å². The summed E-state index contributed by atoms with van der Waals surface area (Å²) in [6, 6.07) is 7.82. The van der Waals surface area contributed by atoms with Crippen LogP contribution in [0.4, 0.5) is 0 Å². The van der Waals surface area contributed by atoms with Crippen molar-refractivity contribution in [3.63, 3.8) is 0 Å². The van der Waals surface area contributed by atoms with Gasteiger partial charge >= 0.3 is 0 Å². The number of amides is 1. The maximum absolute atomic E-state index is 14.0. The van der Waals surface area contributed by atoms with E-state index >= 15 is 0 Å². The van der Waals surface area contributed by atoms with Gasteiger partial charge in [-0.3, -0.25) is 4.79 Å². The molecule has 1 atom stereocenters. The number of hydrogen-bond acceptors (Lipinski definition) is 7. The number of rotatable bonds is 6. The Morgan fingerprint density at radius 1 is 1.28 bits per heavy atom. The third-order valence-corrected chi connectivity index (χ3v) is 6.69. The molecule has 0 bridgehead atoms. The number of fused-ring (bicyclic) bond motifs is 1. The van der Waals surface area contributed by atoms with Crippen molar-refractivity contribution in [2.75, 3.05) is 13.2 Å². The molecule has 4 aromatic rings. The molecular weight excluding hydrogens is 426 g/mol. The molecule has 5 heterocycles. The van der Waals surface area contributed by atoms with E-state index in [1.165, 1.54) is 0 Å². The van der Waals surface area contributed by atoms with Gasteiger partial charge in [-0.1, -0.05) is 11.2 Å². The van der Waals surface area contributed by atoms with Crippen LogP contribution in [0, 0.1) is 20.8 Å². The van der Waals surface area contributed by atoms with Crippen molar-refractivity contribution in [3.8, 4) is 11.3 Å². The minimum absolute atomic E-state index is 0.0538. The van der Waals surface area contributed by atoms with Crippen LogP contribution in [-0.2, 0) is 11.3 Å². The third kappa shape index (κ3) is 3.96. The highest BCUT2D eigenvalue weighted by Crippen LogP contribution is 2.31. The van der Waals surface area contributed by atoms with Crippen molar-refractivity contribution in [1.82, 2.24) is 15.0 Å². The number of aromatic nitrogens is 2. The van der Waals surface area contributed by atoms with Gasteiger partial charge in [-0.25, -0.2) is 4.98 Å². The SMILES string of the molecule is Cc1cc(-c2cc(C(=O)N(Cc3cccs3)CC3CCCO3)c3c(C)noc3n2)c(C)o1. The van der Waals surface area contributed by atoms with E-state index in [1.807, 2.05) is 49.3 Å². The molecule has 1 fully saturated rings. The molecule has 5 rings (SSSR count). The van der Waals surface area contributed by atoms with Gasteiger partial charge in [0.2, 0.25) is 0 Å². The molecule has 1 amide bonds. The van der Waals surface area contributed by atoms with Crippen molar-refractivity contribution >= 4 is 28.3 Å². The monoisotopic (exact) mass is 451 g/mol. The first-order chi connectivity index (χ1) is 15.5. The van der Waals surface area contributed by atoms with E-state index in [1.54, 1.807) is 11.3 Å². The Morgan fingerprint density at radius 3 is 2.84 bits per heavy atom. The van der Waals surface area contributed by atoms with Gasteiger partial charge in [-0.15, -0.1) is 11.3 Å². The smallest absolute Gasteiger partial charge is 0.259 e. The second-order valence-corrected chi connectivity index (χ2v) is 9.26. The lowest BCUT2D eigenvalue weighted by atomic mass is 10.0. The standard InChI is InChI=1S/C24H25N3O4S/c1-14-10-19(16(3)30-14)21-11-20(22-15(2)26-31-23(22)25-21)24(28)27(12-17-6-4-8-29-17)13-18-7-5-9-32-18/h5,7,9-11,17H,4,6,8,12-13H2,1-3H3. The molecule has 0 spiro atoms. The van der Waals surface area contributed by atoms with Gasteiger partial charge in [0.15, 0.2) is 0 Å². The highest BCUT2D eigenvalue weighted by molar-refractivity contribution is 7.09. The summed E-state index contributed by atoms with van der Waals surface area (Å²) in [6.45, 7) is 7.44. The molecule has 1 aliphatic rings. The Bertz CT molecular complexity index is 1250. The van der Waals surface area contributed by atoms with Crippen LogP contribution < -0.4 is 0 Å². The molecule has 0 aliphatic carbocycles. The van der Waals surface area contributed by atoms with Crippen LogP contribution in [0.2, 0.25) is 0 Å². The zero-order valence-electron chi connectivity index (χ0n) is 18.4. The lowest BCUT2D eigenvalue weighted by molar-refractivity contribution is 0.0511. The summed E-state index contributed by atoms with van der Waals surface area (Å²) < 4.78 is 17.0. The number of nitrogens with zero attached hydrogens (tertiary/aromatic N) is 3. The van der Waals surface area contributed by atoms with Gasteiger partial charge in [-0.05, 0) is 57.2 Å². The Hall–Kier alpha value is -2.97. The van der Waals surface area contributed by atoms with Gasteiger partial charge in [0.25, 0.3) is 11.6 Å². The highest BCUT2D eigenvalue weighted by Gasteiger charge is 2.28. The largest absolute Gasteiger partial charge is 0.466 e. The molecule has 0 saturated carbocycles. The summed E-state index contributed by atoms with van der Waals surface area (Å²) in [5.41, 5.74) is 3.03. The molecule has 1 saturated heterocycles. The number of pyridine rings is 1. The summed E-state index contributed by atoms with van der Waals surface area (Å²) in [5, 5.41) is 6.77. The fraction of sp³-hybridized carbons (Fsp3) is 0.375. The predicted octanol–water partition coefficient (Wildman–Crippen LogP) is 5.29. The Morgan fingerprint density at radius 2 is 2.16 bits per heavy atom. The maximum atomic E-state index is 14.0. The fourth-order valence-electron chi connectivity index (χ4n) is 4.30. The zero-order valence-corrected chi connectivity index (χ0v) is 19.2. The van der Waals surface area contributed by atoms with E-state index in [0.29, 0.717) is 41.1 Å². The minimum atomic E-state index is -0.0771. The predicted molar refractivity (Wildman–Crippen MR) is 122 cm³/mol. The summed E-state index contributed by atoms with van der Waals surface area (Å²) in [7, 11) is 0. The Balaban J connectivity index is 1.59. The summed E-state index contributed by atoms with van der Waals surface area (Å²) in [5.74, 6) is 1.46. The van der Waals surface area contributed by atoms with Crippen molar-refractivity contribution in [2.45, 2.75) is 46.3 Å². The van der Waals surface area contributed by atoms with E-state index in [2.05, 4.69) is 16.2 Å². The van der Waals surface area contributed by atoms with Crippen molar-refractivity contribution in [3.05, 3.63) is 57.3 Å². The van der Waals surface area contributed by atoms with Gasteiger partial charge in [0.05, 0.1) is 35.0 Å². The van der Waals surface area contributed by atoms with Crippen LogP contribution in [-0.4, -0.2) is 40.2 Å². The number of furan rings is 1. The van der Waals surface area contributed by atoms with Gasteiger partial charge in [0.1, 0.15) is 11.5 Å². The van der Waals surface area contributed by atoms with Crippen LogP contribution in [0.25, 0.3) is 22.4 Å². The van der Waals surface area contributed by atoms with Crippen molar-refractivity contribution in [1.29, 1.82) is 0 Å². The zero-order chi connectivity index (χ0) is 22.2. The van der Waals surface area contributed by atoms with E-state index in [-0.39, 0.29) is 12.0 Å². The highest BCUT2D eigenvalue weighted by atomic mass is 32.1. The number of carbonyl (C=O) groups is 1. The lowest BCUT2D eigenvalue weighted by Crippen LogP contribution is -2.37. The average molecular weight is 452 g/mol. The van der Waals surface area contributed by atoms with Crippen LogP contribution in [0.1, 0.15) is 45.3 Å². The first-order valence-electron chi connectivity index (χ1n) is 10.8. The second-order valence-electron chi connectivity index (χ2n) is 8.23. The Labute approximate surface area is 190 Å². The molecule has 7 nitrogen and oxygen atoms in total. The molecular formula is C24H25N3O4S. The van der Waals surface area contributed by atoms with E-state index in [4.69, 9.17) is 13.7 Å². The number of thiophene rings is 1. The topological polar surface area (TPSA) is 81.6 Å². The second kappa shape index (κ2) is 8.52. The third-order valence-electron chi connectivity index (χ3n) is 5.83. The number of ether oxygens (including phenoxy) is 1. The summed E-state index contributed by atoms with van der Waals surface area (Å²) in [6.07, 6.45) is 2.04. The molecule has 8 heteroatoms. The molecule has 1 unspecified atom stereocenters. The first-order valence-corrected chi connectivity index (χ1v) is 11.6. The van der Waals surface area contributed by atoms with Gasteiger partial charge < -0.3 is 18.6 Å². The Kier molecular flexibility index (Phi) is 5.57. The van der Waals surface area contributed by atoms with Gasteiger partial charge in [0, 0.05) is 23.6 Å². The quantitative estimate of drug-likeness (QED) is 0.396. The average Bonchev–Trinajstić information content (AvgIpc) is 3.56. The first kappa shape index (κ1) is 20.9. The molecule has 32 heavy (non-hydrogen) atoms. The van der Waals surface area contributed by atoms with E-state index in [0.717, 1.165) is 41.4 Å². The number of carbonyl (C=O) groups excluding carboxylic acids is 1. The molecule has 0 radical (unpaired) electrons. The van der Waals surface area contributed by atoms with Gasteiger partial charge in [-0.2, -0.15) is 0 Å². The van der Waals surface area contributed by atoms with Crippen LogP contribution in [0.15, 0.2) is 38.6 Å². The minimum Gasteiger partial charge on any atom is -0.466 e. The summed E-state index contributed by atoms with van der Waals surface area (Å²) >= 11 is 1.64. The fourth-order valence-corrected chi connectivity index (χ4v) is 5.02. The van der Waals surface area contributed by atoms with Crippen LogP contribution >= 0.6 is 11.3 Å². The maximum Gasteiger partial charge on any atom is 0.259 e. The summed E-state index contributed by atoms with van der Waals surface area (Å²) in [4.78, 5) is 21.6. The molecule has 0 aromatic carbocycles.